The molecule has 8 nitrogen and oxygen atoms in total. The number of hydrogen-bond acceptors (Lipinski definition) is 5. The number of nitrogens with one attached hydrogen (secondary N) is 2. The second-order valence-corrected chi connectivity index (χ2v) is 9.48. The molecule has 12 heteroatoms. The van der Waals surface area contributed by atoms with Crippen molar-refractivity contribution in [3.05, 3.63) is 86.0 Å². The molecule has 1 aromatic heterocycles. The van der Waals surface area contributed by atoms with Crippen molar-refractivity contribution in [3.8, 4) is 11.5 Å². The highest BCUT2D eigenvalue weighted by molar-refractivity contribution is 7.92. The van der Waals surface area contributed by atoms with E-state index in [4.69, 9.17) is 39.5 Å². The predicted octanol–water partition coefficient (Wildman–Crippen LogP) is 6.63. The minimum atomic E-state index is -4.01. The molecule has 0 amide bonds. The molecule has 0 spiro atoms. The molecule has 0 atom stereocenters. The van der Waals surface area contributed by atoms with Gasteiger partial charge in [0.05, 0.1) is 24.9 Å². The Morgan fingerprint density at radius 3 is 2.31 bits per heavy atom. The number of H-pyrrole nitrogens is 1. The Morgan fingerprint density at radius 1 is 0.938 bits per heavy atom. The molecule has 164 valence electrons. The molecule has 2 N–H and O–H groups in total. The summed E-state index contributed by atoms with van der Waals surface area (Å²) in [6.07, 6.45) is 1.75. The lowest BCUT2D eigenvalue weighted by Gasteiger charge is -2.14. The number of anilines is 1. The number of rotatable bonds is 6. The molecule has 1 heterocycles. The maximum atomic E-state index is 12.8. The van der Waals surface area contributed by atoms with Gasteiger partial charge in [-0.1, -0.05) is 34.8 Å². The first-order valence-corrected chi connectivity index (χ1v) is 11.5. The Labute approximate surface area is 196 Å². The molecular weight excluding hydrogens is 501 g/mol. The number of non-ortho nitro benzene ring substituents is 1. The zero-order chi connectivity index (χ0) is 23.0. The number of hydrogen-bond donors (Lipinski definition) is 2. The van der Waals surface area contributed by atoms with Crippen molar-refractivity contribution < 1.29 is 18.1 Å². The normalized spacial score (nSPS) is 11.5. The van der Waals surface area contributed by atoms with Gasteiger partial charge >= 0.3 is 0 Å². The van der Waals surface area contributed by atoms with Crippen molar-refractivity contribution in [1.82, 2.24) is 4.98 Å². The van der Waals surface area contributed by atoms with Crippen molar-refractivity contribution in [1.29, 1.82) is 0 Å². The third-order valence-corrected chi connectivity index (χ3v) is 6.64. The number of fused-ring (bicyclic) bond motifs is 1. The summed E-state index contributed by atoms with van der Waals surface area (Å²) in [5, 5.41) is 11.5. The smallest absolute Gasteiger partial charge is 0.271 e. The van der Waals surface area contributed by atoms with Gasteiger partial charge in [0, 0.05) is 34.9 Å². The van der Waals surface area contributed by atoms with Crippen molar-refractivity contribution in [2.75, 3.05) is 4.72 Å². The van der Waals surface area contributed by atoms with Crippen molar-refractivity contribution in [2.45, 2.75) is 4.90 Å². The van der Waals surface area contributed by atoms with Crippen LogP contribution < -0.4 is 9.46 Å². The van der Waals surface area contributed by atoms with Crippen LogP contribution in [0.4, 0.5) is 11.4 Å². The molecule has 3 aromatic carbocycles. The fraction of sp³-hybridized carbons (Fsp3) is 0. The van der Waals surface area contributed by atoms with Gasteiger partial charge in [-0.05, 0) is 42.5 Å². The average molecular weight is 513 g/mol. The van der Waals surface area contributed by atoms with E-state index in [-0.39, 0.29) is 37.1 Å². The number of nitro benzene ring substituents is 1. The Bertz CT molecular complexity index is 1450. The summed E-state index contributed by atoms with van der Waals surface area (Å²) < 4.78 is 33.8. The van der Waals surface area contributed by atoms with Crippen LogP contribution in [-0.2, 0) is 10.0 Å². The van der Waals surface area contributed by atoms with Crippen LogP contribution in [0.1, 0.15) is 0 Å². The largest absolute Gasteiger partial charge is 0.453 e. The summed E-state index contributed by atoms with van der Waals surface area (Å²) >= 11 is 18.5. The predicted molar refractivity (Wildman–Crippen MR) is 124 cm³/mol. The number of nitrogens with zero attached hydrogens (tertiary/aromatic N) is 1. The van der Waals surface area contributed by atoms with E-state index in [1.54, 1.807) is 24.4 Å². The van der Waals surface area contributed by atoms with Gasteiger partial charge in [-0.25, -0.2) is 8.42 Å². The van der Waals surface area contributed by atoms with Gasteiger partial charge in [-0.2, -0.15) is 0 Å². The van der Waals surface area contributed by atoms with Crippen molar-refractivity contribution >= 4 is 67.1 Å². The lowest BCUT2D eigenvalue weighted by molar-refractivity contribution is -0.384. The van der Waals surface area contributed by atoms with Crippen LogP contribution in [0.15, 0.2) is 65.7 Å². The zero-order valence-electron chi connectivity index (χ0n) is 15.8. The molecule has 0 aliphatic carbocycles. The molecule has 0 aliphatic rings. The summed E-state index contributed by atoms with van der Waals surface area (Å²) in [6, 6.07) is 12.8. The first-order valence-electron chi connectivity index (χ1n) is 8.85. The minimum Gasteiger partial charge on any atom is -0.453 e. The topological polar surface area (TPSA) is 114 Å². The lowest BCUT2D eigenvalue weighted by atomic mass is 10.2. The highest BCUT2D eigenvalue weighted by Crippen LogP contribution is 2.41. The standard InChI is InChI=1S/C20H12Cl3N3O5S/c21-15-8-13(26(27)28)2-4-19(15)31-20-16(22)9-14(10-17(20)23)32(29,30)25-12-1-3-18-11(7-12)5-6-24-18/h1-10,24-25H. The molecule has 4 rings (SSSR count). The summed E-state index contributed by atoms with van der Waals surface area (Å²) in [6.45, 7) is 0. The van der Waals surface area contributed by atoms with Crippen LogP contribution in [0.25, 0.3) is 10.9 Å². The summed E-state index contributed by atoms with van der Waals surface area (Å²) in [7, 11) is -4.01. The van der Waals surface area contributed by atoms with E-state index in [0.29, 0.717) is 5.69 Å². The third kappa shape index (κ3) is 4.46. The number of ether oxygens (including phenoxy) is 1. The van der Waals surface area contributed by atoms with Gasteiger partial charge in [0.15, 0.2) is 5.75 Å². The maximum Gasteiger partial charge on any atom is 0.271 e. The van der Waals surface area contributed by atoms with Crippen LogP contribution in [0.3, 0.4) is 0 Å². The Hall–Kier alpha value is -2.98. The third-order valence-electron chi connectivity index (χ3n) is 4.43. The van der Waals surface area contributed by atoms with Crippen LogP contribution in [0, 0.1) is 10.1 Å². The lowest BCUT2D eigenvalue weighted by Crippen LogP contribution is -2.13. The van der Waals surface area contributed by atoms with Crippen molar-refractivity contribution in [2.24, 2.45) is 0 Å². The summed E-state index contributed by atoms with van der Waals surface area (Å²) in [4.78, 5) is 13.1. The maximum absolute atomic E-state index is 12.8. The van der Waals surface area contributed by atoms with Crippen LogP contribution in [-0.4, -0.2) is 18.3 Å². The van der Waals surface area contributed by atoms with Gasteiger partial charge in [0.25, 0.3) is 15.7 Å². The zero-order valence-corrected chi connectivity index (χ0v) is 18.9. The fourth-order valence-electron chi connectivity index (χ4n) is 2.92. The van der Waals surface area contributed by atoms with Crippen LogP contribution in [0.5, 0.6) is 11.5 Å². The van der Waals surface area contributed by atoms with Gasteiger partial charge in [-0.3, -0.25) is 14.8 Å². The average Bonchev–Trinajstić information content (AvgIpc) is 3.19. The van der Waals surface area contributed by atoms with E-state index >= 15 is 0 Å². The minimum absolute atomic E-state index is 0.0372. The van der Waals surface area contributed by atoms with E-state index in [2.05, 4.69) is 9.71 Å². The summed E-state index contributed by atoms with van der Waals surface area (Å²) in [5.74, 6) is 0.0198. The number of benzene rings is 3. The highest BCUT2D eigenvalue weighted by Gasteiger charge is 2.21. The summed E-state index contributed by atoms with van der Waals surface area (Å²) in [5.41, 5.74) is 1.01. The van der Waals surface area contributed by atoms with Gasteiger partial charge in [-0.15, -0.1) is 0 Å². The number of aromatic amines is 1. The van der Waals surface area contributed by atoms with Gasteiger partial charge in [0.2, 0.25) is 0 Å². The van der Waals surface area contributed by atoms with E-state index in [1.807, 2.05) is 6.07 Å². The highest BCUT2D eigenvalue weighted by atomic mass is 35.5. The van der Waals surface area contributed by atoms with E-state index in [9.17, 15) is 18.5 Å². The van der Waals surface area contributed by atoms with Gasteiger partial charge < -0.3 is 9.72 Å². The molecule has 0 radical (unpaired) electrons. The van der Waals surface area contributed by atoms with Crippen molar-refractivity contribution in [3.63, 3.8) is 0 Å². The molecule has 0 saturated heterocycles. The first kappa shape index (κ1) is 22.2. The number of sulfonamides is 1. The number of halogens is 3. The van der Waals surface area contributed by atoms with E-state index in [0.717, 1.165) is 17.0 Å². The van der Waals surface area contributed by atoms with Gasteiger partial charge in [0.1, 0.15) is 5.75 Å². The molecule has 0 fully saturated rings. The second kappa shape index (κ2) is 8.51. The first-order chi connectivity index (χ1) is 15.1. The second-order valence-electron chi connectivity index (χ2n) is 6.58. The van der Waals surface area contributed by atoms with E-state index in [1.165, 1.54) is 24.3 Å². The van der Waals surface area contributed by atoms with Crippen LogP contribution >= 0.6 is 34.8 Å². The fourth-order valence-corrected chi connectivity index (χ4v) is 4.92. The molecule has 0 aliphatic heterocycles. The van der Waals surface area contributed by atoms with E-state index < -0.39 is 14.9 Å². The number of aromatic nitrogens is 1. The molecular formula is C20H12Cl3N3O5S. The number of nitro groups is 1. The molecule has 4 aromatic rings. The van der Waals surface area contributed by atoms with Crippen LogP contribution in [0.2, 0.25) is 15.1 Å². The Morgan fingerprint density at radius 2 is 1.66 bits per heavy atom. The monoisotopic (exact) mass is 511 g/mol. The quantitative estimate of drug-likeness (QED) is 0.222. The molecule has 0 bridgehead atoms. The SMILES string of the molecule is O=[N+]([O-])c1ccc(Oc2c(Cl)cc(S(=O)(=O)Nc3ccc4[nH]ccc4c3)cc2Cl)c(Cl)c1. The Kier molecular flexibility index (Phi) is 5.91. The molecule has 0 unspecified atom stereocenters. The Balaban J connectivity index is 1.62. The molecule has 32 heavy (non-hydrogen) atoms. The molecule has 0 saturated carbocycles.